The zero-order valence-electron chi connectivity index (χ0n) is 18.8. The number of aliphatic hydroxyl groups excluding tert-OH is 1. The summed E-state index contributed by atoms with van der Waals surface area (Å²) in [6.07, 6.45) is 3.76. The van der Waals surface area contributed by atoms with Crippen LogP contribution >= 0.6 is 11.3 Å². The number of carbonyl (C=O) groups excluding carboxylic acids is 1. The van der Waals surface area contributed by atoms with Gasteiger partial charge >= 0.3 is 0 Å². The van der Waals surface area contributed by atoms with Crippen molar-refractivity contribution in [3.05, 3.63) is 63.4 Å². The molecule has 33 heavy (non-hydrogen) atoms. The van der Waals surface area contributed by atoms with Crippen LogP contribution in [0.3, 0.4) is 0 Å². The molecule has 0 radical (unpaired) electrons. The summed E-state index contributed by atoms with van der Waals surface area (Å²) in [6.45, 7) is 3.96. The van der Waals surface area contributed by atoms with Gasteiger partial charge in [-0.05, 0) is 30.5 Å². The first-order chi connectivity index (χ1) is 16.1. The molecule has 0 spiro atoms. The van der Waals surface area contributed by atoms with E-state index in [1.807, 2.05) is 34.5 Å². The Labute approximate surface area is 197 Å². The van der Waals surface area contributed by atoms with Gasteiger partial charge in [0, 0.05) is 55.4 Å². The molecular formula is C24H29N5O3S. The molecule has 0 saturated carbocycles. The van der Waals surface area contributed by atoms with Crippen LogP contribution in [0.15, 0.2) is 35.8 Å². The minimum absolute atomic E-state index is 0.0782. The van der Waals surface area contributed by atoms with Gasteiger partial charge in [0.1, 0.15) is 10.8 Å². The molecule has 1 saturated heterocycles. The summed E-state index contributed by atoms with van der Waals surface area (Å²) in [5.41, 5.74) is 3.72. The van der Waals surface area contributed by atoms with Crippen LogP contribution in [-0.2, 0) is 26.1 Å². The number of hydrogen-bond donors (Lipinski definition) is 1. The highest BCUT2D eigenvalue weighted by Gasteiger charge is 2.32. The van der Waals surface area contributed by atoms with E-state index in [0.29, 0.717) is 31.9 Å². The zero-order valence-corrected chi connectivity index (χ0v) is 19.6. The van der Waals surface area contributed by atoms with Gasteiger partial charge in [0.15, 0.2) is 5.69 Å². The van der Waals surface area contributed by atoms with E-state index < -0.39 is 6.10 Å². The molecule has 3 aromatic rings. The van der Waals surface area contributed by atoms with Gasteiger partial charge in [-0.3, -0.25) is 14.4 Å². The Hall–Kier alpha value is -2.75. The fourth-order valence-corrected chi connectivity index (χ4v) is 5.40. The number of fused-ring (bicyclic) bond motifs is 1. The fraction of sp³-hybridized carbons (Fsp3) is 0.458. The van der Waals surface area contributed by atoms with Crippen LogP contribution in [0.2, 0.25) is 0 Å². The standard InChI is InChI=1S/C24H29N5O3S/c1-32-19-6-2-4-17(12-19)13-29-21-7-10-27(16-22-25-8-11-33-22)15-20(21)23(26-29)24(31)28-9-3-5-18(30)14-28/h2,4,6,8,11-12,18,30H,3,5,7,9-10,13-16H2,1H3. The van der Waals surface area contributed by atoms with Crippen LogP contribution in [0.5, 0.6) is 5.75 Å². The molecule has 174 valence electrons. The number of aliphatic hydroxyl groups is 1. The molecule has 1 amide bonds. The van der Waals surface area contributed by atoms with E-state index in [0.717, 1.165) is 59.9 Å². The summed E-state index contributed by atoms with van der Waals surface area (Å²) in [5.74, 6) is 0.729. The van der Waals surface area contributed by atoms with Crippen LogP contribution in [0, 0.1) is 0 Å². The number of thiazole rings is 1. The minimum atomic E-state index is -0.459. The molecule has 1 unspecified atom stereocenters. The third-order valence-electron chi connectivity index (χ3n) is 6.41. The van der Waals surface area contributed by atoms with Crippen molar-refractivity contribution in [1.29, 1.82) is 0 Å². The van der Waals surface area contributed by atoms with Crippen molar-refractivity contribution in [2.24, 2.45) is 0 Å². The monoisotopic (exact) mass is 467 g/mol. The van der Waals surface area contributed by atoms with E-state index >= 15 is 0 Å². The Kier molecular flexibility index (Phi) is 6.43. The number of hydrogen-bond acceptors (Lipinski definition) is 7. The van der Waals surface area contributed by atoms with Crippen molar-refractivity contribution in [3.8, 4) is 5.75 Å². The average Bonchev–Trinajstić information content (AvgIpc) is 3.47. The molecule has 0 aliphatic carbocycles. The number of piperidine rings is 1. The maximum atomic E-state index is 13.5. The van der Waals surface area contributed by atoms with Crippen LogP contribution < -0.4 is 4.74 Å². The summed E-state index contributed by atoms with van der Waals surface area (Å²) in [4.78, 5) is 22.0. The van der Waals surface area contributed by atoms with E-state index in [2.05, 4.69) is 16.0 Å². The number of β-amino-alcohol motifs (C(OH)–C–C–N with tert-alkyl or cyclic N) is 1. The predicted octanol–water partition coefficient (Wildman–Crippen LogP) is 2.55. The van der Waals surface area contributed by atoms with Gasteiger partial charge in [0.25, 0.3) is 5.91 Å². The zero-order chi connectivity index (χ0) is 22.8. The number of ether oxygens (including phenoxy) is 1. The quantitative estimate of drug-likeness (QED) is 0.600. The Balaban J connectivity index is 1.45. The maximum absolute atomic E-state index is 13.5. The number of benzene rings is 1. The second-order valence-electron chi connectivity index (χ2n) is 8.72. The van der Waals surface area contributed by atoms with Gasteiger partial charge in [0.2, 0.25) is 0 Å². The second kappa shape index (κ2) is 9.62. The topological polar surface area (TPSA) is 83.7 Å². The van der Waals surface area contributed by atoms with Crippen molar-refractivity contribution in [3.63, 3.8) is 0 Å². The third-order valence-corrected chi connectivity index (χ3v) is 7.17. The van der Waals surface area contributed by atoms with E-state index in [4.69, 9.17) is 9.84 Å². The first-order valence-electron chi connectivity index (χ1n) is 11.4. The molecule has 2 aromatic heterocycles. The van der Waals surface area contributed by atoms with E-state index in [-0.39, 0.29) is 5.91 Å². The highest BCUT2D eigenvalue weighted by Crippen LogP contribution is 2.27. The van der Waals surface area contributed by atoms with Gasteiger partial charge in [0.05, 0.1) is 26.3 Å². The number of rotatable bonds is 6. The average molecular weight is 468 g/mol. The van der Waals surface area contributed by atoms with E-state index in [9.17, 15) is 9.90 Å². The molecule has 2 aliphatic rings. The van der Waals surface area contributed by atoms with Gasteiger partial charge < -0.3 is 14.7 Å². The van der Waals surface area contributed by atoms with Gasteiger partial charge in [-0.25, -0.2) is 4.98 Å². The smallest absolute Gasteiger partial charge is 0.274 e. The molecule has 2 aliphatic heterocycles. The number of aromatic nitrogens is 3. The Morgan fingerprint density at radius 1 is 1.30 bits per heavy atom. The van der Waals surface area contributed by atoms with Crippen molar-refractivity contribution in [1.82, 2.24) is 24.6 Å². The van der Waals surface area contributed by atoms with Crippen LogP contribution in [-0.4, -0.2) is 68.4 Å². The first-order valence-corrected chi connectivity index (χ1v) is 12.3. The fourth-order valence-electron chi connectivity index (χ4n) is 4.74. The van der Waals surface area contributed by atoms with E-state index in [1.54, 1.807) is 23.3 Å². The largest absolute Gasteiger partial charge is 0.497 e. The Morgan fingerprint density at radius 3 is 3.00 bits per heavy atom. The lowest BCUT2D eigenvalue weighted by Gasteiger charge is -2.30. The normalized spacial score (nSPS) is 18.8. The summed E-state index contributed by atoms with van der Waals surface area (Å²) in [6, 6.07) is 7.96. The number of methoxy groups -OCH3 is 1. The van der Waals surface area contributed by atoms with Crippen molar-refractivity contribution < 1.29 is 14.6 Å². The van der Waals surface area contributed by atoms with Crippen LogP contribution in [0.25, 0.3) is 0 Å². The Morgan fingerprint density at radius 2 is 2.21 bits per heavy atom. The first kappa shape index (κ1) is 22.1. The summed E-state index contributed by atoms with van der Waals surface area (Å²) < 4.78 is 7.36. The van der Waals surface area contributed by atoms with Crippen molar-refractivity contribution in [2.75, 3.05) is 26.7 Å². The Bertz CT molecular complexity index is 1110. The molecule has 8 nitrogen and oxygen atoms in total. The predicted molar refractivity (Wildman–Crippen MR) is 125 cm³/mol. The molecule has 1 N–H and O–H groups in total. The molecule has 1 atom stereocenters. The lowest BCUT2D eigenvalue weighted by molar-refractivity contribution is 0.0466. The van der Waals surface area contributed by atoms with Gasteiger partial charge in [-0.2, -0.15) is 5.10 Å². The summed E-state index contributed by atoms with van der Waals surface area (Å²) >= 11 is 1.65. The summed E-state index contributed by atoms with van der Waals surface area (Å²) in [7, 11) is 1.66. The van der Waals surface area contributed by atoms with Gasteiger partial charge in [-0.15, -0.1) is 11.3 Å². The SMILES string of the molecule is COc1cccc(Cn2nc(C(=O)N3CCCC(O)C3)c3c2CCN(Cc2nccs2)C3)c1. The molecule has 5 rings (SSSR count). The highest BCUT2D eigenvalue weighted by atomic mass is 32.1. The lowest BCUT2D eigenvalue weighted by atomic mass is 10.0. The second-order valence-corrected chi connectivity index (χ2v) is 9.70. The van der Waals surface area contributed by atoms with Crippen molar-refractivity contribution >= 4 is 17.2 Å². The molecule has 4 heterocycles. The number of carbonyl (C=O) groups is 1. The molecule has 1 aromatic carbocycles. The van der Waals surface area contributed by atoms with Crippen molar-refractivity contribution in [2.45, 2.75) is 45.0 Å². The number of amides is 1. The van der Waals surface area contributed by atoms with Gasteiger partial charge in [-0.1, -0.05) is 12.1 Å². The minimum Gasteiger partial charge on any atom is -0.497 e. The summed E-state index contributed by atoms with van der Waals surface area (Å²) in [5, 5.41) is 18.0. The number of nitrogens with zero attached hydrogens (tertiary/aromatic N) is 5. The molecule has 9 heteroatoms. The molecular weight excluding hydrogens is 438 g/mol. The third kappa shape index (κ3) is 4.80. The number of likely N-dealkylation sites (tertiary alicyclic amines) is 1. The van der Waals surface area contributed by atoms with Crippen LogP contribution in [0.4, 0.5) is 0 Å². The highest BCUT2D eigenvalue weighted by molar-refractivity contribution is 7.09. The van der Waals surface area contributed by atoms with Crippen LogP contribution in [0.1, 0.15) is 45.2 Å². The molecule has 1 fully saturated rings. The molecule has 0 bridgehead atoms. The maximum Gasteiger partial charge on any atom is 0.274 e. The van der Waals surface area contributed by atoms with E-state index in [1.165, 1.54) is 0 Å². The lowest BCUT2D eigenvalue weighted by Crippen LogP contribution is -2.43.